The summed E-state index contributed by atoms with van der Waals surface area (Å²) in [7, 11) is 1.86. The third kappa shape index (κ3) is 2.45. The zero-order chi connectivity index (χ0) is 13.1. The number of hydrogen-bond donors (Lipinski definition) is 2. The van der Waals surface area contributed by atoms with Crippen molar-refractivity contribution in [2.75, 3.05) is 0 Å². The molecule has 0 fully saturated rings. The van der Waals surface area contributed by atoms with Crippen molar-refractivity contribution in [3.8, 4) is 0 Å². The number of nitrogens with zero attached hydrogens (tertiary/aromatic N) is 4. The van der Waals surface area contributed by atoms with E-state index < -0.39 is 0 Å². The summed E-state index contributed by atoms with van der Waals surface area (Å²) in [4.78, 5) is 4.24. The summed E-state index contributed by atoms with van der Waals surface area (Å²) in [5.74, 6) is 0.0458. The van der Waals surface area contributed by atoms with Crippen molar-refractivity contribution in [1.29, 1.82) is 0 Å². The van der Waals surface area contributed by atoms with Gasteiger partial charge in [-0.3, -0.25) is 4.68 Å². The van der Waals surface area contributed by atoms with Crippen molar-refractivity contribution in [3.05, 3.63) is 35.7 Å². The molecule has 2 heterocycles. The normalized spacial score (nSPS) is 11.8. The van der Waals surface area contributed by atoms with Crippen LogP contribution in [0, 0.1) is 6.92 Å². The molecule has 18 heavy (non-hydrogen) atoms. The highest BCUT2D eigenvalue weighted by atomic mass is 32.2. The molecule has 0 unspecified atom stereocenters. The summed E-state index contributed by atoms with van der Waals surface area (Å²) in [6.07, 6.45) is 1.67. The number of aryl methyl sites for hydroxylation is 2. The fraction of sp³-hybridized carbons (Fsp3) is 0.182. The van der Waals surface area contributed by atoms with Crippen molar-refractivity contribution in [1.82, 2.24) is 14.8 Å². The Labute approximate surface area is 109 Å². The van der Waals surface area contributed by atoms with Gasteiger partial charge in [-0.05, 0) is 36.9 Å². The molecule has 3 N–H and O–H groups in total. The number of nitrogens with two attached hydrogens (primary N) is 1. The van der Waals surface area contributed by atoms with E-state index in [4.69, 9.17) is 10.9 Å². The third-order valence-electron chi connectivity index (χ3n) is 2.32. The van der Waals surface area contributed by atoms with Crippen LogP contribution < -0.4 is 5.73 Å². The van der Waals surface area contributed by atoms with Gasteiger partial charge in [-0.2, -0.15) is 5.10 Å². The Hall–Kier alpha value is -2.02. The van der Waals surface area contributed by atoms with E-state index in [1.807, 2.05) is 20.0 Å². The molecule has 6 nitrogen and oxygen atoms in total. The highest BCUT2D eigenvalue weighted by Gasteiger charge is 2.12. The van der Waals surface area contributed by atoms with Gasteiger partial charge in [-0.25, -0.2) is 4.98 Å². The van der Waals surface area contributed by atoms with Gasteiger partial charge in [0, 0.05) is 13.2 Å². The number of pyridine rings is 1. The predicted octanol–water partition coefficient (Wildman–Crippen LogP) is 1.37. The molecule has 94 valence electrons. The summed E-state index contributed by atoms with van der Waals surface area (Å²) in [6, 6.07) is 5.45. The van der Waals surface area contributed by atoms with Gasteiger partial charge in [-0.1, -0.05) is 5.16 Å². The minimum atomic E-state index is 0.0458. The SMILES string of the molecule is Cc1cc(Sc2ncccc2C(N)=NO)n(C)n1. The van der Waals surface area contributed by atoms with E-state index in [0.717, 1.165) is 10.7 Å². The van der Waals surface area contributed by atoms with Gasteiger partial charge in [0.05, 0.1) is 11.3 Å². The van der Waals surface area contributed by atoms with Crippen LogP contribution in [0.3, 0.4) is 0 Å². The molecule has 0 aliphatic heterocycles. The van der Waals surface area contributed by atoms with Gasteiger partial charge in [0.15, 0.2) is 5.84 Å². The van der Waals surface area contributed by atoms with Crippen LogP contribution in [0.4, 0.5) is 0 Å². The monoisotopic (exact) mass is 263 g/mol. The van der Waals surface area contributed by atoms with Gasteiger partial charge >= 0.3 is 0 Å². The Kier molecular flexibility index (Phi) is 3.52. The first-order valence-corrected chi connectivity index (χ1v) is 6.05. The first-order chi connectivity index (χ1) is 8.61. The lowest BCUT2D eigenvalue weighted by Gasteiger charge is -2.06. The highest BCUT2D eigenvalue weighted by Crippen LogP contribution is 2.28. The molecule has 0 aliphatic rings. The standard InChI is InChI=1S/C11H13N5OS/c1-7-6-9(16(2)14-7)18-11-8(10(12)15-17)4-3-5-13-11/h3-6,17H,1-2H3,(H2,12,15). The van der Waals surface area contributed by atoms with E-state index in [0.29, 0.717) is 10.6 Å². The molecule has 2 aromatic rings. The molecule has 0 aliphatic carbocycles. The average molecular weight is 263 g/mol. The van der Waals surface area contributed by atoms with Crippen LogP contribution in [0.1, 0.15) is 11.3 Å². The maximum atomic E-state index is 8.75. The van der Waals surface area contributed by atoms with Crippen LogP contribution >= 0.6 is 11.8 Å². The maximum absolute atomic E-state index is 8.75. The largest absolute Gasteiger partial charge is 0.409 e. The van der Waals surface area contributed by atoms with Crippen LogP contribution in [0.25, 0.3) is 0 Å². The molecule has 0 saturated carbocycles. The number of hydrogen-bond acceptors (Lipinski definition) is 5. The lowest BCUT2D eigenvalue weighted by atomic mass is 10.3. The molecule has 7 heteroatoms. The number of rotatable bonds is 3. The second-order valence-electron chi connectivity index (χ2n) is 3.69. The summed E-state index contributed by atoms with van der Waals surface area (Å²) in [6.45, 7) is 1.92. The molecule has 0 radical (unpaired) electrons. The molecule has 0 amide bonds. The highest BCUT2D eigenvalue weighted by molar-refractivity contribution is 7.99. The number of aromatic nitrogens is 3. The number of oxime groups is 1. The molecule has 2 rings (SSSR count). The minimum Gasteiger partial charge on any atom is -0.409 e. The van der Waals surface area contributed by atoms with Gasteiger partial charge < -0.3 is 10.9 Å². The van der Waals surface area contributed by atoms with E-state index in [2.05, 4.69) is 15.2 Å². The fourth-order valence-corrected chi connectivity index (χ4v) is 2.50. The van der Waals surface area contributed by atoms with Crippen LogP contribution in [0.15, 0.2) is 39.6 Å². The molecule has 0 spiro atoms. The van der Waals surface area contributed by atoms with Crippen molar-refractivity contribution < 1.29 is 5.21 Å². The Bertz CT molecular complexity index is 593. The molecule has 2 aromatic heterocycles. The van der Waals surface area contributed by atoms with Gasteiger partial charge in [0.25, 0.3) is 0 Å². The first kappa shape index (κ1) is 12.4. The summed E-state index contributed by atoms with van der Waals surface area (Å²) in [5, 5.41) is 17.6. The van der Waals surface area contributed by atoms with Crippen molar-refractivity contribution in [2.45, 2.75) is 17.0 Å². The van der Waals surface area contributed by atoms with Crippen LogP contribution in [-0.4, -0.2) is 25.8 Å². The van der Waals surface area contributed by atoms with Crippen LogP contribution in [0.5, 0.6) is 0 Å². The Morgan fingerprint density at radius 1 is 1.56 bits per heavy atom. The minimum absolute atomic E-state index is 0.0458. The van der Waals surface area contributed by atoms with E-state index in [9.17, 15) is 0 Å². The Morgan fingerprint density at radius 2 is 2.33 bits per heavy atom. The van der Waals surface area contributed by atoms with Crippen molar-refractivity contribution in [3.63, 3.8) is 0 Å². The molecule has 0 saturated heterocycles. The van der Waals surface area contributed by atoms with E-state index in [1.165, 1.54) is 11.8 Å². The fourth-order valence-electron chi connectivity index (χ4n) is 1.50. The topological polar surface area (TPSA) is 89.3 Å². The summed E-state index contributed by atoms with van der Waals surface area (Å²) >= 11 is 1.42. The maximum Gasteiger partial charge on any atom is 0.172 e. The smallest absolute Gasteiger partial charge is 0.172 e. The zero-order valence-corrected chi connectivity index (χ0v) is 10.8. The van der Waals surface area contributed by atoms with Crippen LogP contribution in [-0.2, 0) is 7.05 Å². The molecule has 0 aromatic carbocycles. The molecular weight excluding hydrogens is 250 g/mol. The van der Waals surface area contributed by atoms with E-state index in [1.54, 1.807) is 23.0 Å². The van der Waals surface area contributed by atoms with E-state index >= 15 is 0 Å². The van der Waals surface area contributed by atoms with Gasteiger partial charge in [0.2, 0.25) is 0 Å². The average Bonchev–Trinajstić information content (AvgIpc) is 2.67. The van der Waals surface area contributed by atoms with Gasteiger partial charge in [-0.15, -0.1) is 0 Å². The summed E-state index contributed by atoms with van der Waals surface area (Å²) in [5.41, 5.74) is 7.15. The molecule has 0 atom stereocenters. The lowest BCUT2D eigenvalue weighted by molar-refractivity contribution is 0.318. The second-order valence-corrected chi connectivity index (χ2v) is 4.70. The lowest BCUT2D eigenvalue weighted by Crippen LogP contribution is -2.14. The predicted molar refractivity (Wildman–Crippen MR) is 68.8 cm³/mol. The molecule has 0 bridgehead atoms. The molecular formula is C11H13N5OS. The Balaban J connectivity index is 2.38. The van der Waals surface area contributed by atoms with E-state index in [-0.39, 0.29) is 5.84 Å². The third-order valence-corrected chi connectivity index (χ3v) is 3.43. The second kappa shape index (κ2) is 5.09. The number of amidine groups is 1. The first-order valence-electron chi connectivity index (χ1n) is 5.23. The van der Waals surface area contributed by atoms with Gasteiger partial charge in [0.1, 0.15) is 10.1 Å². The Morgan fingerprint density at radius 3 is 2.94 bits per heavy atom. The quantitative estimate of drug-likeness (QED) is 0.378. The van der Waals surface area contributed by atoms with Crippen LogP contribution in [0.2, 0.25) is 0 Å². The van der Waals surface area contributed by atoms with Crippen molar-refractivity contribution >= 4 is 17.6 Å². The van der Waals surface area contributed by atoms with Crippen molar-refractivity contribution in [2.24, 2.45) is 17.9 Å². The summed E-state index contributed by atoms with van der Waals surface area (Å²) < 4.78 is 1.77. The zero-order valence-electron chi connectivity index (χ0n) is 10.0.